The highest BCUT2D eigenvalue weighted by Gasteiger charge is 2.37. The Morgan fingerprint density at radius 2 is 1.37 bits per heavy atom. The Bertz CT molecular complexity index is 799. The number of carbonyl (C=O) groups excluding carboxylic acids is 2. The largest absolute Gasteiger partial charge is 0.452 e. The average Bonchev–Trinajstić information content (AvgIpc) is 2.58. The molecule has 1 N–H and O–H groups in total. The standard InChI is InChI=1S/C17H11F6NO3/c18-16(19,20)11-6-10(7-12(8-11)17(21,22)23)15(26)27-9-14(25)24-13-4-2-1-3-5-13/h1-8H,9H2,(H,24,25). The van der Waals surface area contributed by atoms with Crippen LogP contribution in [0.1, 0.15) is 21.5 Å². The molecule has 0 aliphatic rings. The summed E-state index contributed by atoms with van der Waals surface area (Å²) in [5, 5.41) is 2.34. The highest BCUT2D eigenvalue weighted by atomic mass is 19.4. The molecule has 0 saturated carbocycles. The van der Waals surface area contributed by atoms with Crippen molar-refractivity contribution in [1.82, 2.24) is 0 Å². The van der Waals surface area contributed by atoms with Crippen molar-refractivity contribution in [3.63, 3.8) is 0 Å². The summed E-state index contributed by atoms with van der Waals surface area (Å²) in [4.78, 5) is 23.5. The molecule has 0 unspecified atom stereocenters. The Labute approximate surface area is 148 Å². The zero-order valence-corrected chi connectivity index (χ0v) is 13.3. The van der Waals surface area contributed by atoms with Crippen LogP contribution in [-0.4, -0.2) is 18.5 Å². The minimum Gasteiger partial charge on any atom is -0.452 e. The fraction of sp³-hybridized carbons (Fsp3) is 0.176. The number of hydrogen-bond acceptors (Lipinski definition) is 3. The number of anilines is 1. The van der Waals surface area contributed by atoms with Crippen LogP contribution in [-0.2, 0) is 21.9 Å². The van der Waals surface area contributed by atoms with Crippen molar-refractivity contribution >= 4 is 17.6 Å². The SMILES string of the molecule is O=C(COC(=O)c1cc(C(F)(F)F)cc(C(F)(F)F)c1)Nc1ccccc1. The van der Waals surface area contributed by atoms with Gasteiger partial charge in [0.25, 0.3) is 5.91 Å². The maximum Gasteiger partial charge on any atom is 0.416 e. The van der Waals surface area contributed by atoms with Crippen LogP contribution in [0.2, 0.25) is 0 Å². The van der Waals surface area contributed by atoms with E-state index in [4.69, 9.17) is 0 Å². The number of para-hydroxylation sites is 1. The smallest absolute Gasteiger partial charge is 0.416 e. The minimum absolute atomic E-state index is 0.112. The average molecular weight is 391 g/mol. The number of esters is 1. The van der Waals surface area contributed by atoms with Gasteiger partial charge >= 0.3 is 18.3 Å². The summed E-state index contributed by atoms with van der Waals surface area (Å²) >= 11 is 0. The Kier molecular flexibility index (Phi) is 5.77. The third kappa shape index (κ3) is 5.73. The van der Waals surface area contributed by atoms with E-state index in [2.05, 4.69) is 10.1 Å². The maximum atomic E-state index is 12.8. The summed E-state index contributed by atoms with van der Waals surface area (Å²) in [6.07, 6.45) is -10.2. The van der Waals surface area contributed by atoms with Gasteiger partial charge in [-0.15, -0.1) is 0 Å². The molecule has 0 bridgehead atoms. The summed E-state index contributed by atoms with van der Waals surface area (Å²) in [5.74, 6) is -2.30. The van der Waals surface area contributed by atoms with Crippen LogP contribution in [0.5, 0.6) is 0 Å². The van der Waals surface area contributed by atoms with Crippen molar-refractivity contribution in [2.75, 3.05) is 11.9 Å². The van der Waals surface area contributed by atoms with E-state index in [1.807, 2.05) is 0 Å². The normalized spacial score (nSPS) is 11.8. The van der Waals surface area contributed by atoms with Crippen LogP contribution in [0.15, 0.2) is 48.5 Å². The third-order valence-corrected chi connectivity index (χ3v) is 3.22. The van der Waals surface area contributed by atoms with E-state index in [-0.39, 0.29) is 18.2 Å². The van der Waals surface area contributed by atoms with Crippen LogP contribution in [0, 0.1) is 0 Å². The van der Waals surface area contributed by atoms with E-state index in [1.165, 1.54) is 12.1 Å². The number of alkyl halides is 6. The van der Waals surface area contributed by atoms with Crippen LogP contribution in [0.4, 0.5) is 32.0 Å². The van der Waals surface area contributed by atoms with Gasteiger partial charge in [0.15, 0.2) is 6.61 Å². The Balaban J connectivity index is 2.14. The summed E-state index contributed by atoms with van der Waals surface area (Å²) < 4.78 is 81.1. The number of amides is 1. The number of ether oxygens (including phenoxy) is 1. The minimum atomic E-state index is -5.10. The van der Waals surface area contributed by atoms with Gasteiger partial charge in [0, 0.05) is 5.69 Å². The van der Waals surface area contributed by atoms with Crippen LogP contribution >= 0.6 is 0 Å². The number of halogens is 6. The van der Waals surface area contributed by atoms with E-state index in [0.29, 0.717) is 5.69 Å². The van der Waals surface area contributed by atoms with E-state index in [9.17, 15) is 35.9 Å². The van der Waals surface area contributed by atoms with Gasteiger partial charge in [0.2, 0.25) is 0 Å². The van der Waals surface area contributed by atoms with Crippen molar-refractivity contribution in [3.05, 3.63) is 65.2 Å². The molecule has 2 rings (SSSR count). The molecule has 4 nitrogen and oxygen atoms in total. The molecule has 144 valence electrons. The molecule has 0 fully saturated rings. The second kappa shape index (κ2) is 7.68. The molecule has 0 atom stereocenters. The third-order valence-electron chi connectivity index (χ3n) is 3.22. The maximum absolute atomic E-state index is 12.8. The highest BCUT2D eigenvalue weighted by molar-refractivity contribution is 5.95. The summed E-state index contributed by atoms with van der Waals surface area (Å²) in [5.41, 5.74) is -3.90. The number of rotatable bonds is 4. The molecule has 0 heterocycles. The number of benzene rings is 2. The van der Waals surface area contributed by atoms with E-state index < -0.39 is 47.5 Å². The molecule has 10 heteroatoms. The zero-order valence-electron chi connectivity index (χ0n) is 13.3. The molecule has 2 aromatic rings. The van der Waals surface area contributed by atoms with Crippen LogP contribution in [0.3, 0.4) is 0 Å². The van der Waals surface area contributed by atoms with Gasteiger partial charge in [-0.25, -0.2) is 4.79 Å². The fourth-order valence-electron chi connectivity index (χ4n) is 2.01. The molecule has 0 radical (unpaired) electrons. The van der Waals surface area contributed by atoms with Gasteiger partial charge in [-0.2, -0.15) is 26.3 Å². The monoisotopic (exact) mass is 391 g/mol. The Morgan fingerprint density at radius 1 is 0.852 bits per heavy atom. The molecule has 0 aliphatic carbocycles. The topological polar surface area (TPSA) is 55.4 Å². The second-order valence-corrected chi connectivity index (χ2v) is 5.28. The molecule has 2 aromatic carbocycles. The quantitative estimate of drug-likeness (QED) is 0.616. The van der Waals surface area contributed by atoms with Crippen molar-refractivity contribution < 1.29 is 40.7 Å². The summed E-state index contributed by atoms with van der Waals surface area (Å²) in [6.45, 7) is -0.884. The Morgan fingerprint density at radius 3 is 1.85 bits per heavy atom. The first-order valence-corrected chi connectivity index (χ1v) is 7.28. The molecular formula is C17H11F6NO3. The lowest BCUT2D eigenvalue weighted by atomic mass is 10.0. The van der Waals surface area contributed by atoms with Gasteiger partial charge in [-0.1, -0.05) is 18.2 Å². The highest BCUT2D eigenvalue weighted by Crippen LogP contribution is 2.36. The van der Waals surface area contributed by atoms with E-state index in [0.717, 1.165) is 0 Å². The molecule has 0 aromatic heterocycles. The number of hydrogen-bond donors (Lipinski definition) is 1. The van der Waals surface area contributed by atoms with Crippen molar-refractivity contribution in [1.29, 1.82) is 0 Å². The van der Waals surface area contributed by atoms with Gasteiger partial charge in [-0.05, 0) is 30.3 Å². The van der Waals surface area contributed by atoms with Gasteiger partial charge in [-0.3, -0.25) is 4.79 Å². The molecule has 0 saturated heterocycles. The molecular weight excluding hydrogens is 380 g/mol. The van der Waals surface area contributed by atoms with Crippen LogP contribution < -0.4 is 5.32 Å². The van der Waals surface area contributed by atoms with Gasteiger partial charge < -0.3 is 10.1 Å². The van der Waals surface area contributed by atoms with Gasteiger partial charge in [0.05, 0.1) is 16.7 Å². The predicted molar refractivity (Wildman–Crippen MR) is 81.8 cm³/mol. The summed E-state index contributed by atoms with van der Waals surface area (Å²) in [6, 6.07) is 8.32. The lowest BCUT2D eigenvalue weighted by molar-refractivity contribution is -0.143. The van der Waals surface area contributed by atoms with Gasteiger partial charge in [0.1, 0.15) is 0 Å². The number of carbonyl (C=O) groups is 2. The zero-order chi connectivity index (χ0) is 20.2. The first kappa shape index (κ1) is 20.3. The predicted octanol–water partition coefficient (Wildman–Crippen LogP) is 4.52. The molecule has 1 amide bonds. The van der Waals surface area contributed by atoms with Crippen LogP contribution in [0.25, 0.3) is 0 Å². The lowest BCUT2D eigenvalue weighted by Gasteiger charge is -2.14. The summed E-state index contributed by atoms with van der Waals surface area (Å²) in [7, 11) is 0. The van der Waals surface area contributed by atoms with E-state index in [1.54, 1.807) is 18.2 Å². The molecule has 27 heavy (non-hydrogen) atoms. The first-order chi connectivity index (χ1) is 12.5. The lowest BCUT2D eigenvalue weighted by Crippen LogP contribution is -2.21. The second-order valence-electron chi connectivity index (χ2n) is 5.28. The first-order valence-electron chi connectivity index (χ1n) is 7.28. The van der Waals surface area contributed by atoms with Crippen molar-refractivity contribution in [3.8, 4) is 0 Å². The van der Waals surface area contributed by atoms with Crippen molar-refractivity contribution in [2.45, 2.75) is 12.4 Å². The number of nitrogens with one attached hydrogen (secondary N) is 1. The molecule has 0 aliphatic heterocycles. The fourth-order valence-corrected chi connectivity index (χ4v) is 2.01. The Hall–Kier alpha value is -3.04. The van der Waals surface area contributed by atoms with E-state index >= 15 is 0 Å². The molecule has 0 spiro atoms. The van der Waals surface area contributed by atoms with Crippen molar-refractivity contribution in [2.24, 2.45) is 0 Å².